The molecule has 0 bridgehead atoms. The van der Waals surface area contributed by atoms with Gasteiger partial charge in [0.2, 0.25) is 0 Å². The summed E-state index contributed by atoms with van der Waals surface area (Å²) < 4.78 is 10.6. The van der Waals surface area contributed by atoms with E-state index in [1.165, 1.54) is 24.9 Å². The number of para-hydroxylation sites is 2. The van der Waals surface area contributed by atoms with Crippen LogP contribution in [0.4, 0.5) is 11.4 Å². The van der Waals surface area contributed by atoms with Gasteiger partial charge in [-0.1, -0.05) is 12.1 Å². The lowest BCUT2D eigenvalue weighted by Crippen LogP contribution is -2.30. The monoisotopic (exact) mass is 364 g/mol. The van der Waals surface area contributed by atoms with Crippen molar-refractivity contribution in [3.8, 4) is 5.75 Å². The van der Waals surface area contributed by atoms with Gasteiger partial charge in [-0.2, -0.15) is 0 Å². The molecule has 5 heteroatoms. The van der Waals surface area contributed by atoms with Crippen molar-refractivity contribution in [2.24, 2.45) is 0 Å². The Bertz CT molecular complexity index is 990. The molecule has 1 saturated heterocycles. The van der Waals surface area contributed by atoms with E-state index < -0.39 is 0 Å². The summed E-state index contributed by atoms with van der Waals surface area (Å²) in [5.74, 6) is 0.672. The van der Waals surface area contributed by atoms with E-state index >= 15 is 0 Å². The quantitative estimate of drug-likeness (QED) is 0.680. The molecule has 0 amide bonds. The molecule has 3 aromatic rings. The number of hydrogen-bond donors (Lipinski definition) is 1. The first-order chi connectivity index (χ1) is 13.2. The van der Waals surface area contributed by atoms with E-state index in [0.29, 0.717) is 17.9 Å². The maximum atomic E-state index is 12.0. The molecule has 5 nitrogen and oxygen atoms in total. The van der Waals surface area contributed by atoms with Crippen molar-refractivity contribution in [3.05, 3.63) is 64.5 Å². The molecule has 1 aliphatic heterocycles. The molecule has 140 valence electrons. The highest BCUT2D eigenvalue weighted by Crippen LogP contribution is 2.29. The summed E-state index contributed by atoms with van der Waals surface area (Å²) in [7, 11) is 1.60. The Balaban J connectivity index is 1.62. The van der Waals surface area contributed by atoms with Gasteiger partial charge in [0, 0.05) is 37.2 Å². The lowest BCUT2D eigenvalue weighted by atomic mass is 10.1. The van der Waals surface area contributed by atoms with Crippen LogP contribution in [0.25, 0.3) is 11.0 Å². The van der Waals surface area contributed by atoms with E-state index in [1.807, 2.05) is 18.2 Å². The van der Waals surface area contributed by atoms with Crippen molar-refractivity contribution >= 4 is 22.3 Å². The Morgan fingerprint density at radius 1 is 1.07 bits per heavy atom. The summed E-state index contributed by atoms with van der Waals surface area (Å²) in [6.07, 6.45) is 3.78. The Hall–Kier alpha value is -2.95. The normalized spacial score (nSPS) is 14.3. The van der Waals surface area contributed by atoms with Gasteiger partial charge in [0.1, 0.15) is 11.3 Å². The molecule has 0 saturated carbocycles. The zero-order valence-corrected chi connectivity index (χ0v) is 15.5. The van der Waals surface area contributed by atoms with E-state index in [9.17, 15) is 4.79 Å². The van der Waals surface area contributed by atoms with Gasteiger partial charge in [0.25, 0.3) is 0 Å². The van der Waals surface area contributed by atoms with Crippen LogP contribution >= 0.6 is 0 Å². The molecule has 0 atom stereocenters. The molecule has 0 unspecified atom stereocenters. The molecule has 1 aliphatic rings. The van der Waals surface area contributed by atoms with Crippen LogP contribution < -0.4 is 20.6 Å². The highest BCUT2D eigenvalue weighted by atomic mass is 16.5. The second kappa shape index (κ2) is 7.74. The predicted molar refractivity (Wildman–Crippen MR) is 109 cm³/mol. The fourth-order valence-corrected chi connectivity index (χ4v) is 3.71. The summed E-state index contributed by atoms with van der Waals surface area (Å²) in [5, 5.41) is 4.44. The Labute approximate surface area is 158 Å². The zero-order chi connectivity index (χ0) is 18.6. The summed E-state index contributed by atoms with van der Waals surface area (Å²) in [6.45, 7) is 2.74. The fourth-order valence-electron chi connectivity index (χ4n) is 3.71. The minimum Gasteiger partial charge on any atom is -0.497 e. The molecular weight excluding hydrogens is 340 g/mol. The third-order valence-corrected chi connectivity index (χ3v) is 5.11. The highest BCUT2D eigenvalue weighted by molar-refractivity contribution is 5.82. The number of nitrogens with zero attached hydrogens (tertiary/aromatic N) is 1. The molecule has 2 heterocycles. The number of nitrogens with one attached hydrogen (secondary N) is 1. The smallest absolute Gasteiger partial charge is 0.336 e. The van der Waals surface area contributed by atoms with Gasteiger partial charge in [-0.25, -0.2) is 4.79 Å². The average Bonchev–Trinajstić information content (AvgIpc) is 2.72. The lowest BCUT2D eigenvalue weighted by molar-refractivity contribution is 0.414. The summed E-state index contributed by atoms with van der Waals surface area (Å²) in [5.41, 5.74) is 3.43. The molecule has 4 rings (SSSR count). The maximum Gasteiger partial charge on any atom is 0.336 e. The fraction of sp³-hybridized carbons (Fsp3) is 0.318. The first-order valence-corrected chi connectivity index (χ1v) is 9.43. The van der Waals surface area contributed by atoms with Gasteiger partial charge in [-0.3, -0.25) is 0 Å². The molecule has 0 spiro atoms. The molecule has 1 N–H and O–H groups in total. The number of anilines is 2. The van der Waals surface area contributed by atoms with E-state index in [4.69, 9.17) is 9.15 Å². The van der Waals surface area contributed by atoms with Crippen LogP contribution in [0, 0.1) is 0 Å². The van der Waals surface area contributed by atoms with Gasteiger partial charge in [-0.05, 0) is 49.1 Å². The molecular formula is C22H24N2O3. The second-order valence-electron chi connectivity index (χ2n) is 6.87. The van der Waals surface area contributed by atoms with Crippen LogP contribution in [0.1, 0.15) is 24.8 Å². The van der Waals surface area contributed by atoms with Crippen LogP contribution in [0.15, 0.2) is 57.7 Å². The Morgan fingerprint density at radius 2 is 1.89 bits per heavy atom. The number of fused-ring (bicyclic) bond motifs is 1. The van der Waals surface area contributed by atoms with E-state index in [-0.39, 0.29) is 5.63 Å². The maximum absolute atomic E-state index is 12.0. The number of benzene rings is 2. The summed E-state index contributed by atoms with van der Waals surface area (Å²) in [6, 6.07) is 15.5. The average molecular weight is 364 g/mol. The van der Waals surface area contributed by atoms with Crippen molar-refractivity contribution < 1.29 is 9.15 Å². The van der Waals surface area contributed by atoms with Gasteiger partial charge < -0.3 is 19.4 Å². The highest BCUT2D eigenvalue weighted by Gasteiger charge is 2.14. The van der Waals surface area contributed by atoms with E-state index in [2.05, 4.69) is 28.4 Å². The number of ether oxygens (including phenoxy) is 1. The first kappa shape index (κ1) is 17.5. The van der Waals surface area contributed by atoms with Crippen LogP contribution in [0.3, 0.4) is 0 Å². The second-order valence-corrected chi connectivity index (χ2v) is 6.87. The SMILES string of the molecule is COc1ccc2c(CNc3ccccc3N3CCCCC3)cc(=O)oc2c1. The van der Waals surface area contributed by atoms with Crippen LogP contribution in [-0.2, 0) is 6.54 Å². The first-order valence-electron chi connectivity index (χ1n) is 9.43. The van der Waals surface area contributed by atoms with Crippen LogP contribution in [0.2, 0.25) is 0 Å². The topological polar surface area (TPSA) is 54.7 Å². The molecule has 2 aromatic carbocycles. The third kappa shape index (κ3) is 3.77. The van der Waals surface area contributed by atoms with E-state index in [1.54, 1.807) is 19.2 Å². The number of piperidine rings is 1. The van der Waals surface area contributed by atoms with Gasteiger partial charge >= 0.3 is 5.63 Å². The van der Waals surface area contributed by atoms with Crippen molar-refractivity contribution in [1.82, 2.24) is 0 Å². The predicted octanol–water partition coefficient (Wildman–Crippen LogP) is 4.40. The van der Waals surface area contributed by atoms with Crippen LogP contribution in [-0.4, -0.2) is 20.2 Å². The van der Waals surface area contributed by atoms with E-state index in [0.717, 1.165) is 29.7 Å². The van der Waals surface area contributed by atoms with Gasteiger partial charge in [-0.15, -0.1) is 0 Å². The molecule has 0 radical (unpaired) electrons. The van der Waals surface area contributed by atoms with Crippen LogP contribution in [0.5, 0.6) is 5.75 Å². The summed E-state index contributed by atoms with van der Waals surface area (Å²) >= 11 is 0. The largest absolute Gasteiger partial charge is 0.497 e. The van der Waals surface area contributed by atoms with Crippen molar-refractivity contribution in [3.63, 3.8) is 0 Å². The standard InChI is InChI=1S/C22H24N2O3/c1-26-17-9-10-18-16(13-22(25)27-21(18)14-17)15-23-19-7-3-4-8-20(19)24-11-5-2-6-12-24/h3-4,7-10,13-14,23H,2,5-6,11-12,15H2,1H3. The number of methoxy groups -OCH3 is 1. The Morgan fingerprint density at radius 3 is 2.70 bits per heavy atom. The zero-order valence-electron chi connectivity index (χ0n) is 15.5. The number of rotatable bonds is 5. The third-order valence-electron chi connectivity index (χ3n) is 5.11. The van der Waals surface area contributed by atoms with Crippen molar-refractivity contribution in [1.29, 1.82) is 0 Å². The molecule has 27 heavy (non-hydrogen) atoms. The Kier molecular flexibility index (Phi) is 5.01. The van der Waals surface area contributed by atoms with Crippen molar-refractivity contribution in [2.75, 3.05) is 30.4 Å². The molecule has 0 aliphatic carbocycles. The van der Waals surface area contributed by atoms with Gasteiger partial charge in [0.15, 0.2) is 0 Å². The van der Waals surface area contributed by atoms with Gasteiger partial charge in [0.05, 0.1) is 18.5 Å². The minimum absolute atomic E-state index is 0.350. The number of hydrogen-bond acceptors (Lipinski definition) is 5. The summed E-state index contributed by atoms with van der Waals surface area (Å²) in [4.78, 5) is 14.4. The minimum atomic E-state index is -0.350. The van der Waals surface area contributed by atoms with Crippen molar-refractivity contribution in [2.45, 2.75) is 25.8 Å². The molecule has 1 aromatic heterocycles. The molecule has 1 fully saturated rings. The lowest BCUT2D eigenvalue weighted by Gasteiger charge is -2.30.